The molecule has 1 aromatic carbocycles. The van der Waals surface area contributed by atoms with Gasteiger partial charge in [-0.05, 0) is 30.7 Å². The molecule has 0 saturated carbocycles. The molecule has 0 aliphatic heterocycles. The molecule has 0 heterocycles. The average molecular weight is 257 g/mol. The summed E-state index contributed by atoms with van der Waals surface area (Å²) >= 11 is 4.90. The van der Waals surface area contributed by atoms with Gasteiger partial charge in [-0.25, -0.2) is 4.39 Å². The van der Waals surface area contributed by atoms with Crippen LogP contribution in [0.4, 0.5) is 4.39 Å². The molecule has 0 saturated heterocycles. The van der Waals surface area contributed by atoms with Crippen LogP contribution >= 0.6 is 12.2 Å². The standard InChI is InChI=1S/C12H16FNO2S/c1-8(6-15-2)16-7-9-5-10(13)3-4-11(9)12(14)17/h3-5,8H,6-7H2,1-2H3,(H2,14,17). The zero-order valence-corrected chi connectivity index (χ0v) is 10.7. The molecule has 1 rings (SSSR count). The zero-order valence-electron chi connectivity index (χ0n) is 9.90. The molecule has 1 atom stereocenters. The van der Waals surface area contributed by atoms with Crippen molar-refractivity contribution in [2.75, 3.05) is 13.7 Å². The summed E-state index contributed by atoms with van der Waals surface area (Å²) in [7, 11) is 1.60. The van der Waals surface area contributed by atoms with E-state index < -0.39 is 0 Å². The van der Waals surface area contributed by atoms with Crippen molar-refractivity contribution in [3.63, 3.8) is 0 Å². The predicted octanol–water partition coefficient (Wildman–Crippen LogP) is 2.01. The Kier molecular flexibility index (Phi) is 5.47. The molecule has 5 heteroatoms. The first-order chi connectivity index (χ1) is 8.04. The van der Waals surface area contributed by atoms with Gasteiger partial charge in [-0.1, -0.05) is 12.2 Å². The molecule has 0 amide bonds. The van der Waals surface area contributed by atoms with Gasteiger partial charge in [0.25, 0.3) is 0 Å². The smallest absolute Gasteiger partial charge is 0.123 e. The van der Waals surface area contributed by atoms with Crippen LogP contribution in [0.15, 0.2) is 18.2 Å². The van der Waals surface area contributed by atoms with Gasteiger partial charge in [0.1, 0.15) is 10.8 Å². The molecule has 17 heavy (non-hydrogen) atoms. The predicted molar refractivity (Wildman–Crippen MR) is 68.4 cm³/mol. The molecule has 0 aromatic heterocycles. The first kappa shape index (κ1) is 14.0. The lowest BCUT2D eigenvalue weighted by molar-refractivity contribution is -0.000243. The van der Waals surface area contributed by atoms with Crippen molar-refractivity contribution in [2.24, 2.45) is 5.73 Å². The minimum Gasteiger partial charge on any atom is -0.389 e. The summed E-state index contributed by atoms with van der Waals surface area (Å²) in [6.45, 7) is 2.62. The number of rotatable bonds is 6. The summed E-state index contributed by atoms with van der Waals surface area (Å²) in [6.07, 6.45) is -0.0672. The highest BCUT2D eigenvalue weighted by Gasteiger charge is 2.09. The number of ether oxygens (including phenoxy) is 2. The Morgan fingerprint density at radius 3 is 2.82 bits per heavy atom. The van der Waals surface area contributed by atoms with Crippen molar-refractivity contribution < 1.29 is 13.9 Å². The van der Waals surface area contributed by atoms with Gasteiger partial charge in [0.05, 0.1) is 19.3 Å². The number of halogens is 1. The van der Waals surface area contributed by atoms with Crippen molar-refractivity contribution in [3.8, 4) is 0 Å². The van der Waals surface area contributed by atoms with Crippen LogP contribution in [-0.2, 0) is 16.1 Å². The summed E-state index contributed by atoms with van der Waals surface area (Å²) in [6, 6.07) is 4.28. The molecule has 1 unspecified atom stereocenters. The van der Waals surface area contributed by atoms with Crippen LogP contribution in [0.3, 0.4) is 0 Å². The van der Waals surface area contributed by atoms with Crippen LogP contribution in [0.1, 0.15) is 18.1 Å². The quantitative estimate of drug-likeness (QED) is 0.792. The maximum absolute atomic E-state index is 13.1. The van der Waals surface area contributed by atoms with E-state index in [1.54, 1.807) is 13.2 Å². The lowest BCUT2D eigenvalue weighted by Gasteiger charge is -2.14. The molecule has 0 aliphatic rings. The van der Waals surface area contributed by atoms with Crippen molar-refractivity contribution >= 4 is 17.2 Å². The van der Waals surface area contributed by atoms with E-state index in [4.69, 9.17) is 27.4 Å². The van der Waals surface area contributed by atoms with Crippen molar-refractivity contribution in [1.82, 2.24) is 0 Å². The van der Waals surface area contributed by atoms with Crippen LogP contribution in [0.2, 0.25) is 0 Å². The van der Waals surface area contributed by atoms with Crippen LogP contribution in [0.5, 0.6) is 0 Å². The highest BCUT2D eigenvalue weighted by Crippen LogP contribution is 2.13. The van der Waals surface area contributed by atoms with Gasteiger partial charge in [-0.3, -0.25) is 0 Å². The third-order valence-electron chi connectivity index (χ3n) is 2.26. The van der Waals surface area contributed by atoms with Crippen LogP contribution in [0.25, 0.3) is 0 Å². The number of hydrogen-bond donors (Lipinski definition) is 1. The lowest BCUT2D eigenvalue weighted by Crippen LogP contribution is -2.17. The van der Waals surface area contributed by atoms with E-state index in [0.29, 0.717) is 17.7 Å². The molecule has 2 N–H and O–H groups in total. The van der Waals surface area contributed by atoms with Crippen LogP contribution in [-0.4, -0.2) is 24.8 Å². The summed E-state index contributed by atoms with van der Waals surface area (Å²) < 4.78 is 23.6. The normalized spacial score (nSPS) is 12.4. The van der Waals surface area contributed by atoms with Gasteiger partial charge in [0.15, 0.2) is 0 Å². The Balaban J connectivity index is 2.75. The molecule has 1 aromatic rings. The van der Waals surface area contributed by atoms with Gasteiger partial charge in [0.2, 0.25) is 0 Å². The maximum Gasteiger partial charge on any atom is 0.123 e. The number of thiocarbonyl (C=S) groups is 1. The van der Waals surface area contributed by atoms with E-state index in [1.165, 1.54) is 12.1 Å². The molecule has 0 radical (unpaired) electrons. The van der Waals surface area contributed by atoms with Crippen molar-refractivity contribution in [3.05, 3.63) is 35.1 Å². The summed E-state index contributed by atoms with van der Waals surface area (Å²) in [5, 5.41) is 0. The largest absolute Gasteiger partial charge is 0.389 e. The molecule has 0 fully saturated rings. The van der Waals surface area contributed by atoms with Crippen LogP contribution < -0.4 is 5.73 Å². The van der Waals surface area contributed by atoms with Gasteiger partial charge >= 0.3 is 0 Å². The van der Waals surface area contributed by atoms with E-state index in [1.807, 2.05) is 6.92 Å². The Morgan fingerprint density at radius 2 is 2.24 bits per heavy atom. The second-order valence-electron chi connectivity index (χ2n) is 3.74. The topological polar surface area (TPSA) is 44.5 Å². The minimum atomic E-state index is -0.331. The van der Waals surface area contributed by atoms with Gasteiger partial charge in [-0.2, -0.15) is 0 Å². The Morgan fingerprint density at radius 1 is 1.53 bits per heavy atom. The second kappa shape index (κ2) is 6.64. The average Bonchev–Trinajstić information content (AvgIpc) is 2.26. The summed E-state index contributed by atoms with van der Waals surface area (Å²) in [4.78, 5) is 0.239. The summed E-state index contributed by atoms with van der Waals surface area (Å²) in [5.74, 6) is -0.331. The first-order valence-corrected chi connectivity index (χ1v) is 5.64. The molecular weight excluding hydrogens is 241 g/mol. The fraction of sp³-hybridized carbons (Fsp3) is 0.417. The number of nitrogens with two attached hydrogens (primary N) is 1. The summed E-state index contributed by atoms with van der Waals surface area (Å²) in [5.41, 5.74) is 6.86. The fourth-order valence-electron chi connectivity index (χ4n) is 1.44. The maximum atomic E-state index is 13.1. The molecule has 94 valence electrons. The van der Waals surface area contributed by atoms with Crippen LogP contribution in [0, 0.1) is 5.82 Å². The van der Waals surface area contributed by atoms with Crippen molar-refractivity contribution in [2.45, 2.75) is 19.6 Å². The molecule has 0 bridgehead atoms. The zero-order chi connectivity index (χ0) is 12.8. The monoisotopic (exact) mass is 257 g/mol. The van der Waals surface area contributed by atoms with E-state index in [-0.39, 0.29) is 23.5 Å². The van der Waals surface area contributed by atoms with E-state index >= 15 is 0 Å². The molecular formula is C12H16FNO2S. The number of benzene rings is 1. The minimum absolute atomic E-state index is 0.0672. The Hall–Kier alpha value is -1.04. The molecule has 0 aliphatic carbocycles. The first-order valence-electron chi connectivity index (χ1n) is 5.23. The Bertz CT molecular complexity index is 398. The van der Waals surface area contributed by atoms with Gasteiger partial charge in [0, 0.05) is 12.7 Å². The van der Waals surface area contributed by atoms with Gasteiger partial charge < -0.3 is 15.2 Å². The van der Waals surface area contributed by atoms with E-state index in [2.05, 4.69) is 0 Å². The number of hydrogen-bond acceptors (Lipinski definition) is 3. The van der Waals surface area contributed by atoms with Crippen molar-refractivity contribution in [1.29, 1.82) is 0 Å². The lowest BCUT2D eigenvalue weighted by atomic mass is 10.1. The Labute approximate surface area is 106 Å². The highest BCUT2D eigenvalue weighted by atomic mass is 32.1. The molecule has 3 nitrogen and oxygen atoms in total. The van der Waals surface area contributed by atoms with E-state index in [9.17, 15) is 4.39 Å². The van der Waals surface area contributed by atoms with E-state index in [0.717, 1.165) is 0 Å². The number of methoxy groups -OCH3 is 1. The second-order valence-corrected chi connectivity index (χ2v) is 4.18. The highest BCUT2D eigenvalue weighted by molar-refractivity contribution is 7.80. The van der Waals surface area contributed by atoms with Gasteiger partial charge in [-0.15, -0.1) is 0 Å². The third-order valence-corrected chi connectivity index (χ3v) is 2.48. The molecule has 0 spiro atoms. The SMILES string of the molecule is COCC(C)OCc1cc(F)ccc1C(N)=S. The fourth-order valence-corrected chi connectivity index (χ4v) is 1.64. The third kappa shape index (κ3) is 4.38.